The van der Waals surface area contributed by atoms with E-state index in [1.807, 2.05) is 41.9 Å². The van der Waals surface area contributed by atoms with E-state index in [0.717, 1.165) is 34.5 Å². The normalized spacial score (nSPS) is 13.8. The predicted octanol–water partition coefficient (Wildman–Crippen LogP) is 2.41. The molecule has 3 heterocycles. The maximum absolute atomic E-state index is 4.80. The van der Waals surface area contributed by atoms with E-state index < -0.39 is 0 Å². The van der Waals surface area contributed by atoms with Gasteiger partial charge in [0.05, 0.1) is 5.69 Å². The highest BCUT2D eigenvalue weighted by Gasteiger charge is 2.29. The van der Waals surface area contributed by atoms with E-state index in [1.54, 1.807) is 10.9 Å². The molecule has 0 unspecified atom stereocenters. The van der Waals surface area contributed by atoms with Crippen LogP contribution in [0.3, 0.4) is 0 Å². The maximum Gasteiger partial charge on any atom is 0.155 e. The Morgan fingerprint density at radius 1 is 1.04 bits per heavy atom. The van der Waals surface area contributed by atoms with Crippen LogP contribution in [0.25, 0.3) is 11.5 Å². The molecule has 0 N–H and O–H groups in total. The third kappa shape index (κ3) is 3.10. The second-order valence-corrected chi connectivity index (χ2v) is 6.74. The topological polar surface area (TPSA) is 87.2 Å². The summed E-state index contributed by atoms with van der Waals surface area (Å²) in [4.78, 5) is 9.24. The van der Waals surface area contributed by atoms with Crippen molar-refractivity contribution in [2.24, 2.45) is 0 Å². The minimum absolute atomic E-state index is 0.499. The number of aryl methyl sites for hydroxylation is 1. The first-order chi connectivity index (χ1) is 13.3. The van der Waals surface area contributed by atoms with Crippen molar-refractivity contribution in [3.63, 3.8) is 0 Å². The Morgan fingerprint density at radius 3 is 2.56 bits per heavy atom. The van der Waals surface area contributed by atoms with Crippen molar-refractivity contribution >= 4 is 0 Å². The van der Waals surface area contributed by atoms with Crippen LogP contribution in [0.4, 0.5) is 0 Å². The van der Waals surface area contributed by atoms with Crippen molar-refractivity contribution in [1.82, 2.24) is 40.0 Å². The molecule has 1 aliphatic rings. The molecule has 0 spiro atoms. The third-order valence-electron chi connectivity index (χ3n) is 4.67. The van der Waals surface area contributed by atoms with E-state index >= 15 is 0 Å². The first-order valence-corrected chi connectivity index (χ1v) is 8.99. The van der Waals surface area contributed by atoms with Crippen LogP contribution in [0.15, 0.2) is 48.7 Å². The van der Waals surface area contributed by atoms with Gasteiger partial charge >= 0.3 is 0 Å². The van der Waals surface area contributed by atoms with Gasteiger partial charge in [0.2, 0.25) is 0 Å². The summed E-state index contributed by atoms with van der Waals surface area (Å²) in [5, 5.41) is 16.3. The summed E-state index contributed by atoms with van der Waals surface area (Å²) in [5.41, 5.74) is 2.09. The minimum Gasteiger partial charge on any atom is -0.237 e. The molecule has 4 aromatic rings. The van der Waals surface area contributed by atoms with Crippen molar-refractivity contribution < 1.29 is 0 Å². The monoisotopic (exact) mass is 358 g/mol. The number of pyridine rings is 1. The lowest BCUT2D eigenvalue weighted by molar-refractivity contribution is 0.772. The largest absolute Gasteiger partial charge is 0.237 e. The molecule has 0 bridgehead atoms. The molecule has 1 aliphatic carbocycles. The molecule has 8 nitrogen and oxygen atoms in total. The van der Waals surface area contributed by atoms with Gasteiger partial charge in [-0.05, 0) is 60.0 Å². The standard InChI is InChI=1S/C19H18N8/c1-13-22-24-25-26(13)16-9-5-14(6-10-16)12-18-21-19(15-7-8-15)23-27(18)17-4-2-3-11-20-17/h2-6,9-11,15H,7-8,12H2,1H3. The molecule has 1 aromatic carbocycles. The van der Waals surface area contributed by atoms with E-state index in [0.29, 0.717) is 12.3 Å². The Balaban J connectivity index is 1.46. The van der Waals surface area contributed by atoms with Gasteiger partial charge in [-0.15, -0.1) is 10.2 Å². The molecule has 8 heteroatoms. The molecule has 0 atom stereocenters. The minimum atomic E-state index is 0.499. The molecule has 0 saturated heterocycles. The van der Waals surface area contributed by atoms with E-state index in [9.17, 15) is 0 Å². The lowest BCUT2D eigenvalue weighted by Gasteiger charge is -2.06. The summed E-state index contributed by atoms with van der Waals surface area (Å²) in [6, 6.07) is 14.0. The number of benzene rings is 1. The van der Waals surface area contributed by atoms with Gasteiger partial charge in [0.15, 0.2) is 17.5 Å². The highest BCUT2D eigenvalue weighted by atomic mass is 15.5. The number of rotatable bonds is 5. The Bertz CT molecular complexity index is 1060. The first kappa shape index (κ1) is 15.8. The molecule has 5 rings (SSSR count). The Morgan fingerprint density at radius 2 is 1.89 bits per heavy atom. The Labute approximate surface area is 155 Å². The highest BCUT2D eigenvalue weighted by molar-refractivity contribution is 5.36. The number of nitrogens with zero attached hydrogens (tertiary/aromatic N) is 8. The van der Waals surface area contributed by atoms with E-state index in [4.69, 9.17) is 10.1 Å². The summed E-state index contributed by atoms with van der Waals surface area (Å²) < 4.78 is 3.58. The Hall–Kier alpha value is -3.42. The van der Waals surface area contributed by atoms with E-state index in [2.05, 4.69) is 32.6 Å². The van der Waals surface area contributed by atoms with Crippen molar-refractivity contribution in [1.29, 1.82) is 0 Å². The van der Waals surface area contributed by atoms with Crippen LogP contribution in [-0.2, 0) is 6.42 Å². The Kier molecular flexibility index (Phi) is 3.74. The lowest BCUT2D eigenvalue weighted by atomic mass is 10.1. The summed E-state index contributed by atoms with van der Waals surface area (Å²) >= 11 is 0. The second-order valence-electron chi connectivity index (χ2n) is 6.74. The number of aromatic nitrogens is 8. The molecule has 134 valence electrons. The van der Waals surface area contributed by atoms with Crippen LogP contribution in [-0.4, -0.2) is 40.0 Å². The van der Waals surface area contributed by atoms with Gasteiger partial charge in [-0.3, -0.25) is 0 Å². The summed E-state index contributed by atoms with van der Waals surface area (Å²) in [5.74, 6) is 3.89. The predicted molar refractivity (Wildman–Crippen MR) is 97.8 cm³/mol. The van der Waals surface area contributed by atoms with Crippen LogP contribution < -0.4 is 0 Å². The van der Waals surface area contributed by atoms with E-state index in [-0.39, 0.29) is 0 Å². The molecule has 0 aliphatic heterocycles. The molecule has 0 radical (unpaired) electrons. The number of tetrazole rings is 1. The fourth-order valence-corrected chi connectivity index (χ4v) is 3.06. The van der Waals surface area contributed by atoms with E-state index in [1.165, 1.54) is 12.8 Å². The van der Waals surface area contributed by atoms with Gasteiger partial charge in [-0.1, -0.05) is 18.2 Å². The van der Waals surface area contributed by atoms with Crippen LogP contribution in [0.2, 0.25) is 0 Å². The second kappa shape index (κ2) is 6.39. The summed E-state index contributed by atoms with van der Waals surface area (Å²) in [7, 11) is 0. The zero-order valence-electron chi connectivity index (χ0n) is 14.9. The van der Waals surface area contributed by atoms with Crippen molar-refractivity contribution in [2.45, 2.75) is 32.1 Å². The molecule has 0 amide bonds. The maximum atomic E-state index is 4.80. The van der Waals surface area contributed by atoms with Gasteiger partial charge in [-0.25, -0.2) is 9.97 Å². The first-order valence-electron chi connectivity index (χ1n) is 8.99. The van der Waals surface area contributed by atoms with Gasteiger partial charge in [0, 0.05) is 18.5 Å². The SMILES string of the molecule is Cc1nnnn1-c1ccc(Cc2nc(C3CC3)nn2-c2ccccn2)cc1. The van der Waals surface area contributed by atoms with Crippen LogP contribution >= 0.6 is 0 Å². The zero-order chi connectivity index (χ0) is 18.2. The fraction of sp³-hybridized carbons (Fsp3) is 0.263. The molecular formula is C19H18N8. The molecule has 1 saturated carbocycles. The fourth-order valence-electron chi connectivity index (χ4n) is 3.06. The van der Waals surface area contributed by atoms with Crippen LogP contribution in [0, 0.1) is 6.92 Å². The number of hydrogen-bond donors (Lipinski definition) is 0. The molecule has 1 fully saturated rings. The van der Waals surface area contributed by atoms with Crippen LogP contribution in [0.1, 0.15) is 41.8 Å². The van der Waals surface area contributed by atoms with Crippen molar-refractivity contribution in [3.05, 3.63) is 71.7 Å². The molecular weight excluding hydrogens is 340 g/mol. The highest BCUT2D eigenvalue weighted by Crippen LogP contribution is 2.38. The quantitative estimate of drug-likeness (QED) is 0.544. The average molecular weight is 358 g/mol. The average Bonchev–Trinajstić information content (AvgIpc) is 3.34. The van der Waals surface area contributed by atoms with Gasteiger partial charge in [0.25, 0.3) is 0 Å². The summed E-state index contributed by atoms with van der Waals surface area (Å²) in [6.45, 7) is 1.88. The zero-order valence-corrected chi connectivity index (χ0v) is 14.9. The summed E-state index contributed by atoms with van der Waals surface area (Å²) in [6.07, 6.45) is 4.81. The smallest absolute Gasteiger partial charge is 0.155 e. The van der Waals surface area contributed by atoms with Gasteiger partial charge in [0.1, 0.15) is 5.82 Å². The van der Waals surface area contributed by atoms with Crippen molar-refractivity contribution in [2.75, 3.05) is 0 Å². The van der Waals surface area contributed by atoms with Gasteiger partial charge < -0.3 is 0 Å². The van der Waals surface area contributed by atoms with Gasteiger partial charge in [-0.2, -0.15) is 9.36 Å². The lowest BCUT2D eigenvalue weighted by Crippen LogP contribution is -2.06. The molecule has 27 heavy (non-hydrogen) atoms. The third-order valence-corrected chi connectivity index (χ3v) is 4.67. The van der Waals surface area contributed by atoms with Crippen molar-refractivity contribution in [3.8, 4) is 11.5 Å². The molecule has 3 aromatic heterocycles. The van der Waals surface area contributed by atoms with Crippen LogP contribution in [0.5, 0.6) is 0 Å². The number of hydrogen-bond acceptors (Lipinski definition) is 6.